The first kappa shape index (κ1) is 21.3. The summed E-state index contributed by atoms with van der Waals surface area (Å²) in [6.45, 7) is 1.41. The monoisotopic (exact) mass is 465 g/mol. The summed E-state index contributed by atoms with van der Waals surface area (Å²) in [5.74, 6) is -1.37. The van der Waals surface area contributed by atoms with E-state index in [0.717, 1.165) is 28.6 Å². The van der Waals surface area contributed by atoms with Gasteiger partial charge in [0.1, 0.15) is 5.54 Å². The zero-order valence-corrected chi connectivity index (χ0v) is 17.8. The van der Waals surface area contributed by atoms with Crippen molar-refractivity contribution in [1.29, 1.82) is 0 Å². The lowest BCUT2D eigenvalue weighted by atomic mass is 9.82. The molecule has 0 aromatic heterocycles. The minimum Gasteiger partial charge on any atom is -0.452 e. The number of urea groups is 1. The molecule has 2 aliphatic rings. The summed E-state index contributed by atoms with van der Waals surface area (Å²) in [5.41, 5.74) is -0.227. The van der Waals surface area contributed by atoms with E-state index >= 15 is 0 Å². The van der Waals surface area contributed by atoms with Gasteiger partial charge in [-0.25, -0.2) is 4.79 Å². The van der Waals surface area contributed by atoms with E-state index in [1.807, 2.05) is 0 Å². The predicted molar refractivity (Wildman–Crippen MR) is 109 cm³/mol. The second-order valence-electron chi connectivity index (χ2n) is 7.41. The highest BCUT2D eigenvalue weighted by Gasteiger charge is 2.51. The first-order valence-electron chi connectivity index (χ1n) is 9.71. The molecule has 0 bridgehead atoms. The van der Waals surface area contributed by atoms with Gasteiger partial charge in [0, 0.05) is 16.7 Å². The number of benzene rings is 1. The van der Waals surface area contributed by atoms with Crippen LogP contribution in [0.4, 0.5) is 10.5 Å². The van der Waals surface area contributed by atoms with Crippen LogP contribution in [0.25, 0.3) is 0 Å². The molecule has 9 heteroatoms. The lowest BCUT2D eigenvalue weighted by Crippen LogP contribution is -2.48. The maximum absolute atomic E-state index is 12.7. The summed E-state index contributed by atoms with van der Waals surface area (Å²) in [6.07, 6.45) is 2.94. The zero-order valence-electron chi connectivity index (χ0n) is 16.2. The molecule has 1 heterocycles. The predicted octanol–water partition coefficient (Wildman–Crippen LogP) is 2.96. The third-order valence-electron chi connectivity index (χ3n) is 5.28. The van der Waals surface area contributed by atoms with Crippen molar-refractivity contribution in [2.75, 3.05) is 11.9 Å². The maximum atomic E-state index is 12.7. The van der Waals surface area contributed by atoms with Crippen LogP contribution in [-0.4, -0.2) is 46.9 Å². The fourth-order valence-corrected chi connectivity index (χ4v) is 3.93. The lowest BCUT2D eigenvalue weighted by Gasteiger charge is -2.30. The Kier molecular flexibility index (Phi) is 6.56. The van der Waals surface area contributed by atoms with Crippen LogP contribution in [0.1, 0.15) is 45.4 Å². The van der Waals surface area contributed by atoms with Crippen molar-refractivity contribution in [3.63, 3.8) is 0 Å². The molecule has 29 heavy (non-hydrogen) atoms. The largest absolute Gasteiger partial charge is 0.452 e. The van der Waals surface area contributed by atoms with E-state index in [9.17, 15) is 19.2 Å². The van der Waals surface area contributed by atoms with Gasteiger partial charge in [0.15, 0.2) is 6.10 Å². The van der Waals surface area contributed by atoms with E-state index in [0.29, 0.717) is 18.5 Å². The Morgan fingerprint density at radius 1 is 1.21 bits per heavy atom. The van der Waals surface area contributed by atoms with E-state index in [2.05, 4.69) is 26.6 Å². The number of anilines is 1. The molecule has 1 atom stereocenters. The number of amides is 4. The van der Waals surface area contributed by atoms with E-state index in [4.69, 9.17) is 4.74 Å². The van der Waals surface area contributed by atoms with Crippen molar-refractivity contribution < 1.29 is 23.9 Å². The second kappa shape index (κ2) is 8.94. The van der Waals surface area contributed by atoms with Crippen molar-refractivity contribution in [3.8, 4) is 0 Å². The van der Waals surface area contributed by atoms with E-state index in [-0.39, 0.29) is 18.9 Å². The molecule has 156 valence electrons. The van der Waals surface area contributed by atoms with Crippen molar-refractivity contribution >= 4 is 45.4 Å². The van der Waals surface area contributed by atoms with Crippen LogP contribution in [0, 0.1) is 0 Å². The molecule has 1 aromatic carbocycles. The van der Waals surface area contributed by atoms with Gasteiger partial charge < -0.3 is 15.4 Å². The van der Waals surface area contributed by atoms with Crippen molar-refractivity contribution in [2.45, 2.75) is 57.1 Å². The Morgan fingerprint density at radius 3 is 2.52 bits per heavy atom. The van der Waals surface area contributed by atoms with Gasteiger partial charge in [-0.15, -0.1) is 0 Å². The van der Waals surface area contributed by atoms with Crippen molar-refractivity contribution in [1.82, 2.24) is 10.2 Å². The van der Waals surface area contributed by atoms with Gasteiger partial charge in [-0.1, -0.05) is 35.2 Å². The fraction of sp³-hybridized carbons (Fsp3) is 0.500. The lowest BCUT2D eigenvalue weighted by molar-refractivity contribution is -0.153. The number of esters is 1. The SMILES string of the molecule is CC(OC(=O)CCN1C(=O)NC2(CCCCC2)C1=O)C(=O)Nc1ccc(Br)cc1. The number of nitrogens with zero attached hydrogens (tertiary/aromatic N) is 1. The topological polar surface area (TPSA) is 105 Å². The minimum atomic E-state index is -1.00. The molecule has 3 rings (SSSR count). The van der Waals surface area contributed by atoms with Crippen molar-refractivity contribution in [3.05, 3.63) is 28.7 Å². The van der Waals surface area contributed by atoms with Crippen molar-refractivity contribution in [2.24, 2.45) is 0 Å². The van der Waals surface area contributed by atoms with Gasteiger partial charge in [-0.3, -0.25) is 19.3 Å². The van der Waals surface area contributed by atoms with Gasteiger partial charge in [0.2, 0.25) is 0 Å². The zero-order chi connectivity index (χ0) is 21.0. The molecule has 1 saturated heterocycles. The van der Waals surface area contributed by atoms with Crippen LogP contribution in [0.2, 0.25) is 0 Å². The number of carbonyl (C=O) groups excluding carboxylic acids is 4. The molecule has 1 spiro atoms. The number of halogens is 1. The molecule has 4 amide bonds. The summed E-state index contributed by atoms with van der Waals surface area (Å²) >= 11 is 3.31. The molecule has 1 aliphatic carbocycles. The van der Waals surface area contributed by atoms with Crippen LogP contribution in [-0.2, 0) is 19.1 Å². The summed E-state index contributed by atoms with van der Waals surface area (Å²) in [6, 6.07) is 6.53. The number of nitrogens with one attached hydrogen (secondary N) is 2. The highest BCUT2D eigenvalue weighted by molar-refractivity contribution is 9.10. The summed E-state index contributed by atoms with van der Waals surface area (Å²) in [7, 11) is 0. The number of carbonyl (C=O) groups is 4. The maximum Gasteiger partial charge on any atom is 0.325 e. The first-order chi connectivity index (χ1) is 13.8. The molecule has 2 fully saturated rings. The third-order valence-corrected chi connectivity index (χ3v) is 5.81. The standard InChI is InChI=1S/C20H24BrN3O5/c1-13(17(26)22-15-7-5-14(21)6-8-15)29-16(25)9-12-24-18(27)20(23-19(24)28)10-3-2-4-11-20/h5-8,13H,2-4,9-12H2,1H3,(H,22,26)(H,23,28). The highest BCUT2D eigenvalue weighted by atomic mass is 79.9. The summed E-state index contributed by atoms with van der Waals surface area (Å²) < 4.78 is 6.03. The quantitative estimate of drug-likeness (QED) is 0.496. The minimum absolute atomic E-state index is 0.0632. The van der Waals surface area contributed by atoms with E-state index in [1.54, 1.807) is 24.3 Å². The highest BCUT2D eigenvalue weighted by Crippen LogP contribution is 2.33. The Hall–Kier alpha value is -2.42. The van der Waals surface area contributed by atoms with Gasteiger partial charge in [0.25, 0.3) is 11.8 Å². The van der Waals surface area contributed by atoms with E-state index in [1.165, 1.54) is 6.92 Å². The summed E-state index contributed by atoms with van der Waals surface area (Å²) in [4.78, 5) is 50.3. The van der Waals surface area contributed by atoms with Gasteiger partial charge in [0.05, 0.1) is 6.42 Å². The third kappa shape index (κ3) is 4.95. The Morgan fingerprint density at radius 2 is 1.86 bits per heavy atom. The normalized spacial score (nSPS) is 19.0. The number of imide groups is 1. The number of rotatable bonds is 6. The fourth-order valence-electron chi connectivity index (χ4n) is 3.66. The van der Waals surface area contributed by atoms with Crippen LogP contribution >= 0.6 is 15.9 Å². The second-order valence-corrected chi connectivity index (χ2v) is 8.32. The number of ether oxygens (including phenoxy) is 1. The Balaban J connectivity index is 1.47. The molecular weight excluding hydrogens is 442 g/mol. The molecule has 8 nitrogen and oxygen atoms in total. The van der Waals surface area contributed by atoms with Crippen LogP contribution in [0.5, 0.6) is 0 Å². The van der Waals surface area contributed by atoms with Gasteiger partial charge in [-0.05, 0) is 44.0 Å². The Labute approximate surface area is 177 Å². The number of hydrogen-bond donors (Lipinski definition) is 2. The number of hydrogen-bond acceptors (Lipinski definition) is 5. The molecule has 1 saturated carbocycles. The van der Waals surface area contributed by atoms with Gasteiger partial charge in [-0.2, -0.15) is 0 Å². The molecule has 0 radical (unpaired) electrons. The molecule has 1 unspecified atom stereocenters. The molecule has 1 aliphatic heterocycles. The molecule has 1 aromatic rings. The average molecular weight is 466 g/mol. The summed E-state index contributed by atoms with van der Waals surface area (Å²) in [5, 5.41) is 5.46. The van der Waals surface area contributed by atoms with Crippen LogP contribution in [0.15, 0.2) is 28.7 Å². The molecular formula is C20H24BrN3O5. The van der Waals surface area contributed by atoms with Crippen LogP contribution in [0.3, 0.4) is 0 Å². The van der Waals surface area contributed by atoms with Crippen LogP contribution < -0.4 is 10.6 Å². The smallest absolute Gasteiger partial charge is 0.325 e. The first-order valence-corrected chi connectivity index (χ1v) is 10.5. The Bertz CT molecular complexity index is 805. The van der Waals surface area contributed by atoms with Gasteiger partial charge >= 0.3 is 12.0 Å². The average Bonchev–Trinajstić information content (AvgIpc) is 2.91. The van der Waals surface area contributed by atoms with E-state index < -0.39 is 29.6 Å². The molecule has 2 N–H and O–H groups in total.